The van der Waals surface area contributed by atoms with Crippen LogP contribution < -0.4 is 4.72 Å². The van der Waals surface area contributed by atoms with Crippen LogP contribution in [0, 0.1) is 13.8 Å². The lowest BCUT2D eigenvalue weighted by atomic mass is 9.97. The maximum Gasteiger partial charge on any atom is 0.279 e. The molecule has 1 heterocycles. The molecule has 0 aliphatic heterocycles. The second kappa shape index (κ2) is 5.85. The first-order chi connectivity index (χ1) is 8.97. The predicted octanol–water partition coefficient (Wildman–Crippen LogP) is 1.28. The van der Waals surface area contributed by atoms with Crippen molar-refractivity contribution in [3.05, 3.63) is 23.2 Å². The van der Waals surface area contributed by atoms with Crippen LogP contribution in [0.25, 0.3) is 0 Å². The van der Waals surface area contributed by atoms with E-state index in [2.05, 4.69) is 4.72 Å². The molecule has 1 atom stereocenters. The summed E-state index contributed by atoms with van der Waals surface area (Å²) in [7, 11) is -2.12. The highest BCUT2D eigenvalue weighted by atomic mass is 32.2. The zero-order valence-corrected chi connectivity index (χ0v) is 13.7. The van der Waals surface area contributed by atoms with E-state index in [0.29, 0.717) is 17.1 Å². The molecule has 0 spiro atoms. The van der Waals surface area contributed by atoms with Gasteiger partial charge in [0.15, 0.2) is 0 Å². The predicted molar refractivity (Wildman–Crippen MR) is 77.6 cm³/mol. The molecule has 0 amide bonds. The SMILES string of the molecule is Cc1cc(C(C)(O)CNS(=O)(=O)N(C)C(C)C)c(C)o1. The Balaban J connectivity index is 2.86. The van der Waals surface area contributed by atoms with Crippen LogP contribution in [-0.4, -0.2) is 37.5 Å². The van der Waals surface area contributed by atoms with E-state index >= 15 is 0 Å². The maximum absolute atomic E-state index is 12.0. The van der Waals surface area contributed by atoms with E-state index in [9.17, 15) is 13.5 Å². The molecule has 116 valence electrons. The van der Waals surface area contributed by atoms with Crippen molar-refractivity contribution in [2.45, 2.75) is 46.3 Å². The van der Waals surface area contributed by atoms with Gasteiger partial charge in [0.05, 0.1) is 0 Å². The van der Waals surface area contributed by atoms with Crippen LogP contribution in [0.3, 0.4) is 0 Å². The number of nitrogens with zero attached hydrogens (tertiary/aromatic N) is 1. The van der Waals surface area contributed by atoms with E-state index in [0.717, 1.165) is 0 Å². The first-order valence-corrected chi connectivity index (χ1v) is 7.94. The quantitative estimate of drug-likeness (QED) is 0.829. The Morgan fingerprint density at radius 3 is 2.40 bits per heavy atom. The summed E-state index contributed by atoms with van der Waals surface area (Å²) in [5.74, 6) is 1.27. The van der Waals surface area contributed by atoms with E-state index < -0.39 is 15.8 Å². The maximum atomic E-state index is 12.0. The van der Waals surface area contributed by atoms with Crippen LogP contribution in [0.4, 0.5) is 0 Å². The summed E-state index contributed by atoms with van der Waals surface area (Å²) in [6.45, 7) is 8.52. The van der Waals surface area contributed by atoms with Crippen molar-refractivity contribution in [3.8, 4) is 0 Å². The fraction of sp³-hybridized carbons (Fsp3) is 0.692. The molecule has 20 heavy (non-hydrogen) atoms. The van der Waals surface area contributed by atoms with Crippen molar-refractivity contribution in [1.82, 2.24) is 9.03 Å². The minimum Gasteiger partial charge on any atom is -0.466 e. The van der Waals surface area contributed by atoms with Crippen molar-refractivity contribution in [2.24, 2.45) is 0 Å². The Kier molecular flexibility index (Phi) is 5.02. The standard InChI is InChI=1S/C13H24N2O4S/c1-9(2)15(6)20(17,18)14-8-13(5,16)12-7-10(3)19-11(12)4/h7,9,14,16H,8H2,1-6H3. The van der Waals surface area contributed by atoms with Gasteiger partial charge in [0.2, 0.25) is 0 Å². The summed E-state index contributed by atoms with van der Waals surface area (Å²) < 4.78 is 33.1. The van der Waals surface area contributed by atoms with Crippen LogP contribution in [0.15, 0.2) is 10.5 Å². The van der Waals surface area contributed by atoms with Crippen LogP contribution in [0.2, 0.25) is 0 Å². The van der Waals surface area contributed by atoms with Crippen molar-refractivity contribution in [1.29, 1.82) is 0 Å². The number of furan rings is 1. The van der Waals surface area contributed by atoms with Crippen LogP contribution in [0.5, 0.6) is 0 Å². The average molecular weight is 304 g/mol. The van der Waals surface area contributed by atoms with Crippen LogP contribution >= 0.6 is 0 Å². The molecule has 0 fully saturated rings. The molecular formula is C13H24N2O4S. The summed E-state index contributed by atoms with van der Waals surface area (Å²) in [5, 5.41) is 10.5. The Morgan fingerprint density at radius 1 is 1.45 bits per heavy atom. The molecule has 0 saturated heterocycles. The van der Waals surface area contributed by atoms with Crippen LogP contribution in [0.1, 0.15) is 37.9 Å². The van der Waals surface area contributed by atoms with Gasteiger partial charge in [-0.15, -0.1) is 0 Å². The molecule has 6 nitrogen and oxygen atoms in total. The summed E-state index contributed by atoms with van der Waals surface area (Å²) in [5.41, 5.74) is -0.739. The van der Waals surface area contributed by atoms with Crippen molar-refractivity contribution < 1.29 is 17.9 Å². The number of aliphatic hydroxyl groups is 1. The number of aryl methyl sites for hydroxylation is 2. The largest absolute Gasteiger partial charge is 0.466 e. The molecule has 7 heteroatoms. The zero-order valence-electron chi connectivity index (χ0n) is 12.9. The highest BCUT2D eigenvalue weighted by Crippen LogP contribution is 2.26. The molecule has 0 aliphatic carbocycles. The zero-order chi connectivity index (χ0) is 15.7. The Hall–Kier alpha value is -0.890. The van der Waals surface area contributed by atoms with E-state index in [1.54, 1.807) is 40.7 Å². The van der Waals surface area contributed by atoms with Gasteiger partial charge in [-0.3, -0.25) is 0 Å². The number of hydrogen-bond donors (Lipinski definition) is 2. The third kappa shape index (κ3) is 3.82. The molecule has 1 aromatic rings. The second-order valence-electron chi connectivity index (χ2n) is 5.54. The van der Waals surface area contributed by atoms with Gasteiger partial charge < -0.3 is 9.52 Å². The van der Waals surface area contributed by atoms with Crippen molar-refractivity contribution in [3.63, 3.8) is 0 Å². The van der Waals surface area contributed by atoms with Gasteiger partial charge in [0, 0.05) is 25.2 Å². The van der Waals surface area contributed by atoms with E-state index in [1.807, 2.05) is 0 Å². The lowest BCUT2D eigenvalue weighted by molar-refractivity contribution is 0.0607. The molecule has 0 saturated carbocycles. The first kappa shape index (κ1) is 17.2. The number of nitrogens with one attached hydrogen (secondary N) is 1. The third-order valence-electron chi connectivity index (χ3n) is 3.33. The van der Waals surface area contributed by atoms with Gasteiger partial charge in [-0.2, -0.15) is 17.4 Å². The van der Waals surface area contributed by atoms with Gasteiger partial charge in [0.1, 0.15) is 17.1 Å². The topological polar surface area (TPSA) is 82.8 Å². The van der Waals surface area contributed by atoms with Crippen molar-refractivity contribution in [2.75, 3.05) is 13.6 Å². The average Bonchev–Trinajstić information content (AvgIpc) is 2.66. The Morgan fingerprint density at radius 2 is 2.00 bits per heavy atom. The van der Waals surface area contributed by atoms with Gasteiger partial charge in [0.25, 0.3) is 10.2 Å². The minimum atomic E-state index is -3.61. The first-order valence-electron chi connectivity index (χ1n) is 6.50. The number of rotatable bonds is 6. The third-order valence-corrected chi connectivity index (χ3v) is 5.02. The molecule has 2 N–H and O–H groups in total. The minimum absolute atomic E-state index is 0.119. The lowest BCUT2D eigenvalue weighted by Gasteiger charge is -2.26. The Bertz CT molecular complexity index is 561. The summed E-state index contributed by atoms with van der Waals surface area (Å²) in [6, 6.07) is 1.56. The van der Waals surface area contributed by atoms with Gasteiger partial charge >= 0.3 is 0 Å². The molecule has 1 unspecified atom stereocenters. The monoisotopic (exact) mass is 304 g/mol. The fourth-order valence-corrected chi connectivity index (χ4v) is 3.09. The second-order valence-corrected chi connectivity index (χ2v) is 7.35. The fourth-order valence-electron chi connectivity index (χ4n) is 1.87. The molecule has 0 bridgehead atoms. The van der Waals surface area contributed by atoms with Gasteiger partial charge in [-0.25, -0.2) is 0 Å². The number of hydrogen-bond acceptors (Lipinski definition) is 4. The smallest absolute Gasteiger partial charge is 0.279 e. The highest BCUT2D eigenvalue weighted by Gasteiger charge is 2.30. The van der Waals surface area contributed by atoms with Gasteiger partial charge in [-0.1, -0.05) is 0 Å². The summed E-state index contributed by atoms with van der Waals surface area (Å²) >= 11 is 0. The normalized spacial score (nSPS) is 15.8. The van der Waals surface area contributed by atoms with Crippen LogP contribution in [-0.2, 0) is 15.8 Å². The van der Waals surface area contributed by atoms with E-state index in [4.69, 9.17) is 4.42 Å². The summed E-state index contributed by atoms with van der Waals surface area (Å²) in [4.78, 5) is 0. The highest BCUT2D eigenvalue weighted by molar-refractivity contribution is 7.87. The van der Waals surface area contributed by atoms with Gasteiger partial charge in [-0.05, 0) is 40.7 Å². The molecule has 0 radical (unpaired) electrons. The summed E-state index contributed by atoms with van der Waals surface area (Å²) in [6.07, 6.45) is 0. The molecule has 0 aliphatic rings. The van der Waals surface area contributed by atoms with E-state index in [-0.39, 0.29) is 12.6 Å². The molecule has 1 aromatic heterocycles. The lowest BCUT2D eigenvalue weighted by Crippen LogP contribution is -2.46. The molecule has 0 aromatic carbocycles. The molecular weight excluding hydrogens is 280 g/mol. The van der Waals surface area contributed by atoms with E-state index in [1.165, 1.54) is 11.4 Å². The molecule has 1 rings (SSSR count). The van der Waals surface area contributed by atoms with Crippen molar-refractivity contribution >= 4 is 10.2 Å². The Labute approximate surface area is 121 Å².